The summed E-state index contributed by atoms with van der Waals surface area (Å²) in [6.45, 7) is 0.624. The fourth-order valence-corrected chi connectivity index (χ4v) is 3.02. The molecule has 0 radical (unpaired) electrons. The van der Waals surface area contributed by atoms with E-state index in [0.717, 1.165) is 29.8 Å². The third-order valence-corrected chi connectivity index (χ3v) is 4.60. The third kappa shape index (κ3) is 4.16. The lowest BCUT2D eigenvalue weighted by Crippen LogP contribution is -2.41. The quantitative estimate of drug-likeness (QED) is 0.634. The Labute approximate surface area is 167 Å². The summed E-state index contributed by atoms with van der Waals surface area (Å²) in [4.78, 5) is 12.6. The number of fused-ring (bicyclic) bond motifs is 1. The lowest BCUT2D eigenvalue weighted by atomic mass is 9.93. The summed E-state index contributed by atoms with van der Waals surface area (Å²) >= 11 is 0. The zero-order valence-electron chi connectivity index (χ0n) is 15.5. The van der Waals surface area contributed by atoms with Gasteiger partial charge in [-0.15, -0.1) is 5.10 Å². The molecule has 1 atom stereocenters. The van der Waals surface area contributed by atoms with Gasteiger partial charge in [-0.05, 0) is 42.8 Å². The Morgan fingerprint density at radius 1 is 1.20 bits per heavy atom. The number of carbonyl (C=O) groups excluding carboxylic acids is 1. The predicted octanol–water partition coefficient (Wildman–Crippen LogP) is 3.77. The molecular weight excluding hydrogens is 409 g/mol. The van der Waals surface area contributed by atoms with E-state index >= 15 is 0 Å². The minimum absolute atomic E-state index is 0.0508. The van der Waals surface area contributed by atoms with Gasteiger partial charge in [-0.3, -0.25) is 9.48 Å². The fourth-order valence-electron chi connectivity index (χ4n) is 3.02. The summed E-state index contributed by atoms with van der Waals surface area (Å²) < 4.78 is 67.5. The smallest absolute Gasteiger partial charge is 0.380 e. The van der Waals surface area contributed by atoms with Crippen LogP contribution in [0.3, 0.4) is 0 Å². The maximum Gasteiger partial charge on any atom is 0.417 e. The largest absolute Gasteiger partial charge is 0.417 e. The molecule has 0 spiro atoms. The SMILES string of the molecule is C[C@](O)(Cn1nc(F)c2cc(F)ccc21)C(=O)Cc1ccc(C#N)c(C(F)(F)F)c1. The van der Waals surface area contributed by atoms with Crippen molar-refractivity contribution in [3.8, 4) is 6.07 Å². The van der Waals surface area contributed by atoms with Gasteiger partial charge < -0.3 is 5.11 Å². The van der Waals surface area contributed by atoms with Crippen molar-refractivity contribution in [1.82, 2.24) is 9.78 Å². The number of aromatic nitrogens is 2. The van der Waals surface area contributed by atoms with E-state index < -0.39 is 53.4 Å². The molecule has 5 nitrogen and oxygen atoms in total. The Bertz CT molecular complexity index is 1180. The highest BCUT2D eigenvalue weighted by Crippen LogP contribution is 2.33. The van der Waals surface area contributed by atoms with Gasteiger partial charge in [0.2, 0.25) is 5.95 Å². The second-order valence-corrected chi connectivity index (χ2v) is 6.97. The van der Waals surface area contributed by atoms with Crippen LogP contribution >= 0.6 is 0 Å². The molecule has 0 aliphatic heterocycles. The van der Waals surface area contributed by atoms with Crippen LogP contribution in [-0.2, 0) is 23.9 Å². The summed E-state index contributed by atoms with van der Waals surface area (Å²) in [7, 11) is 0. The lowest BCUT2D eigenvalue weighted by molar-refractivity contribution is -0.138. The molecule has 0 fully saturated rings. The molecule has 30 heavy (non-hydrogen) atoms. The molecule has 0 aliphatic carbocycles. The molecule has 2 aromatic carbocycles. The van der Waals surface area contributed by atoms with Crippen LogP contribution in [-0.4, -0.2) is 26.3 Å². The van der Waals surface area contributed by atoms with Gasteiger partial charge in [-0.1, -0.05) is 6.07 Å². The van der Waals surface area contributed by atoms with Crippen LogP contribution < -0.4 is 0 Å². The van der Waals surface area contributed by atoms with Crippen molar-refractivity contribution in [2.45, 2.75) is 31.7 Å². The molecule has 0 saturated heterocycles. The van der Waals surface area contributed by atoms with Gasteiger partial charge in [0.15, 0.2) is 5.78 Å². The number of hydrogen-bond donors (Lipinski definition) is 1. The first-order valence-corrected chi connectivity index (χ1v) is 8.60. The zero-order valence-corrected chi connectivity index (χ0v) is 15.5. The van der Waals surface area contributed by atoms with Crippen molar-refractivity contribution in [3.05, 3.63) is 64.9 Å². The monoisotopic (exact) mass is 423 g/mol. The number of carbonyl (C=O) groups is 1. The van der Waals surface area contributed by atoms with E-state index in [-0.39, 0.29) is 16.5 Å². The molecule has 156 valence electrons. The Morgan fingerprint density at radius 3 is 2.53 bits per heavy atom. The molecule has 0 bridgehead atoms. The van der Waals surface area contributed by atoms with Crippen molar-refractivity contribution >= 4 is 16.7 Å². The summed E-state index contributed by atoms with van der Waals surface area (Å²) in [5.41, 5.74) is -3.79. The number of hydrogen-bond acceptors (Lipinski definition) is 4. The molecule has 1 aromatic heterocycles. The fraction of sp³-hybridized carbons (Fsp3) is 0.250. The van der Waals surface area contributed by atoms with Crippen LogP contribution in [0.5, 0.6) is 0 Å². The Morgan fingerprint density at radius 2 is 1.90 bits per heavy atom. The second kappa shape index (κ2) is 7.50. The van der Waals surface area contributed by atoms with Crippen molar-refractivity contribution in [2.75, 3.05) is 0 Å². The van der Waals surface area contributed by atoms with Gasteiger partial charge in [0.05, 0.1) is 34.6 Å². The number of nitrogens with zero attached hydrogens (tertiary/aromatic N) is 3. The maximum absolute atomic E-state index is 13.9. The van der Waals surface area contributed by atoms with Crippen LogP contribution in [0.2, 0.25) is 0 Å². The van der Waals surface area contributed by atoms with Gasteiger partial charge in [-0.25, -0.2) is 4.39 Å². The van der Waals surface area contributed by atoms with E-state index in [1.54, 1.807) is 0 Å². The van der Waals surface area contributed by atoms with E-state index in [4.69, 9.17) is 5.26 Å². The van der Waals surface area contributed by atoms with Crippen LogP contribution in [0.1, 0.15) is 23.6 Å². The summed E-state index contributed by atoms with van der Waals surface area (Å²) in [5.74, 6) is -2.52. The van der Waals surface area contributed by atoms with Gasteiger partial charge in [-0.2, -0.15) is 22.8 Å². The molecular formula is C20H14F5N3O2. The topological polar surface area (TPSA) is 78.9 Å². The highest BCUT2D eigenvalue weighted by atomic mass is 19.4. The van der Waals surface area contributed by atoms with E-state index in [9.17, 15) is 31.9 Å². The summed E-state index contributed by atoms with van der Waals surface area (Å²) in [6.07, 6.45) is -5.34. The number of halogens is 5. The predicted molar refractivity (Wildman–Crippen MR) is 95.1 cm³/mol. The van der Waals surface area contributed by atoms with Crippen molar-refractivity contribution in [1.29, 1.82) is 5.26 Å². The van der Waals surface area contributed by atoms with Gasteiger partial charge in [0.1, 0.15) is 11.4 Å². The van der Waals surface area contributed by atoms with Crippen molar-refractivity contribution in [2.24, 2.45) is 0 Å². The number of rotatable bonds is 5. The first-order chi connectivity index (χ1) is 13.9. The highest BCUT2D eigenvalue weighted by molar-refractivity contribution is 5.89. The standard InChI is InChI=1S/C20H14F5N3O2/c1-19(30,10-28-16-5-4-13(21)8-14(16)18(22)27-28)17(29)7-11-2-3-12(9-26)15(6-11)20(23,24)25/h2-6,8,30H,7,10H2,1H3/t19-/m0/s1. The first kappa shape index (κ1) is 21.4. The van der Waals surface area contributed by atoms with E-state index in [0.29, 0.717) is 6.07 Å². The average molecular weight is 423 g/mol. The van der Waals surface area contributed by atoms with Gasteiger partial charge in [0, 0.05) is 6.42 Å². The van der Waals surface area contributed by atoms with Gasteiger partial charge >= 0.3 is 6.18 Å². The molecule has 0 unspecified atom stereocenters. The molecule has 0 saturated carbocycles. The number of alkyl halides is 3. The van der Waals surface area contributed by atoms with Crippen molar-refractivity contribution < 1.29 is 31.9 Å². The maximum atomic E-state index is 13.9. The number of Topliss-reactive ketones (excluding diaryl/α,β-unsaturated/α-hetero) is 1. The molecule has 0 aliphatic rings. The van der Waals surface area contributed by atoms with Gasteiger partial charge in [0.25, 0.3) is 0 Å². The number of aliphatic hydroxyl groups is 1. The average Bonchev–Trinajstić information content (AvgIpc) is 2.95. The molecule has 10 heteroatoms. The summed E-state index contributed by atoms with van der Waals surface area (Å²) in [5, 5.41) is 22.8. The molecule has 3 rings (SSSR count). The lowest BCUT2D eigenvalue weighted by Gasteiger charge is -2.22. The Balaban J connectivity index is 1.86. The zero-order chi connectivity index (χ0) is 22.3. The number of ketones is 1. The first-order valence-electron chi connectivity index (χ1n) is 8.60. The van der Waals surface area contributed by atoms with Crippen molar-refractivity contribution in [3.63, 3.8) is 0 Å². The number of benzene rings is 2. The van der Waals surface area contributed by atoms with Crippen LogP contribution in [0.4, 0.5) is 22.0 Å². The van der Waals surface area contributed by atoms with E-state index in [1.807, 2.05) is 0 Å². The summed E-state index contributed by atoms with van der Waals surface area (Å²) in [6, 6.07) is 7.47. The van der Waals surface area contributed by atoms with Crippen LogP contribution in [0.15, 0.2) is 36.4 Å². The van der Waals surface area contributed by atoms with E-state index in [2.05, 4.69) is 5.10 Å². The third-order valence-electron chi connectivity index (χ3n) is 4.60. The normalized spacial score (nSPS) is 13.8. The Hall–Kier alpha value is -3.32. The minimum atomic E-state index is -4.78. The highest BCUT2D eigenvalue weighted by Gasteiger charge is 2.35. The molecule has 3 aromatic rings. The van der Waals surface area contributed by atoms with Crippen LogP contribution in [0, 0.1) is 23.1 Å². The molecule has 0 amide bonds. The Kier molecular flexibility index (Phi) is 5.34. The minimum Gasteiger partial charge on any atom is -0.380 e. The molecule has 1 N–H and O–H groups in total. The molecule has 1 heterocycles. The second-order valence-electron chi connectivity index (χ2n) is 6.97. The van der Waals surface area contributed by atoms with E-state index in [1.165, 1.54) is 18.2 Å². The van der Waals surface area contributed by atoms with Crippen LogP contribution in [0.25, 0.3) is 10.9 Å². The number of nitriles is 1.